The molecule has 2 N–H and O–H groups in total. The summed E-state index contributed by atoms with van der Waals surface area (Å²) in [6.45, 7) is 2.38. The Balaban J connectivity index is 0.000000162. The molecule has 2 amide bonds. The predicted molar refractivity (Wildman–Crippen MR) is 183 cm³/mol. The lowest BCUT2D eigenvalue weighted by atomic mass is 9.99. The highest BCUT2D eigenvalue weighted by molar-refractivity contribution is 6.05. The average Bonchev–Trinajstić information content (AvgIpc) is 3.57. The number of halogens is 5. The van der Waals surface area contributed by atoms with Gasteiger partial charge in [0.2, 0.25) is 0 Å². The number of rotatable bonds is 2. The number of carbonyl (C=O) groups is 2. The number of nitrogens with one attached hydrogen (secondary N) is 2. The smallest absolute Gasteiger partial charge is 0.351 e. The molecule has 2 aliphatic heterocycles. The second-order valence-electron chi connectivity index (χ2n) is 12.4. The van der Waals surface area contributed by atoms with Crippen molar-refractivity contribution in [2.45, 2.75) is 32.1 Å². The normalized spacial score (nSPS) is 14.1. The zero-order chi connectivity index (χ0) is 36.7. The molecule has 0 unspecified atom stereocenters. The molecule has 0 fully saturated rings. The van der Waals surface area contributed by atoms with E-state index < -0.39 is 23.4 Å². The molecule has 0 saturated carbocycles. The Morgan fingerprint density at radius 2 is 1.10 bits per heavy atom. The molecule has 0 saturated heterocycles. The van der Waals surface area contributed by atoms with Crippen LogP contribution in [0.1, 0.15) is 50.5 Å². The first kappa shape index (κ1) is 34.0. The molecule has 2 aliphatic rings. The third kappa shape index (κ3) is 6.22. The summed E-state index contributed by atoms with van der Waals surface area (Å²) in [5.41, 5.74) is 4.82. The summed E-state index contributed by atoms with van der Waals surface area (Å²) >= 11 is 0. The van der Waals surface area contributed by atoms with E-state index in [1.165, 1.54) is 18.2 Å². The number of alkyl halides is 3. The van der Waals surface area contributed by atoms with E-state index in [-0.39, 0.29) is 11.8 Å². The SMILES string of the molecule is N#Cc1cc(-c2ccc(C(F)(F)F)cc2)c2c(c1)cc1n2CCCNC1=O.N#Cc1cc(-c2ccc(F)c(F)c2)c2c(c1)cc1n2CCCNC1=O. The molecule has 2 aromatic heterocycles. The minimum absolute atomic E-state index is 0.177. The number of hydrogen-bond acceptors (Lipinski definition) is 4. The Kier molecular flexibility index (Phi) is 8.72. The van der Waals surface area contributed by atoms with Crippen LogP contribution in [0.15, 0.2) is 78.9 Å². The molecule has 4 aromatic carbocycles. The molecule has 8 nitrogen and oxygen atoms in total. The number of benzene rings is 4. The van der Waals surface area contributed by atoms with E-state index in [1.807, 2.05) is 9.13 Å². The fourth-order valence-electron chi connectivity index (χ4n) is 6.80. The van der Waals surface area contributed by atoms with Gasteiger partial charge in [-0.15, -0.1) is 0 Å². The second kappa shape index (κ2) is 13.3. The van der Waals surface area contributed by atoms with Gasteiger partial charge in [-0.05, 0) is 84.6 Å². The quantitative estimate of drug-likeness (QED) is 0.178. The summed E-state index contributed by atoms with van der Waals surface area (Å²) in [7, 11) is 0. The summed E-state index contributed by atoms with van der Waals surface area (Å²) < 4.78 is 69.4. The third-order valence-electron chi connectivity index (χ3n) is 9.15. The van der Waals surface area contributed by atoms with Crippen molar-refractivity contribution in [2.24, 2.45) is 0 Å². The second-order valence-corrected chi connectivity index (χ2v) is 12.4. The van der Waals surface area contributed by atoms with Crippen LogP contribution in [0.5, 0.6) is 0 Å². The molecule has 6 aromatic rings. The highest BCUT2D eigenvalue weighted by Gasteiger charge is 2.30. The van der Waals surface area contributed by atoms with E-state index in [0.717, 1.165) is 58.9 Å². The van der Waals surface area contributed by atoms with Crippen molar-refractivity contribution in [1.29, 1.82) is 10.5 Å². The molecule has 4 heterocycles. The van der Waals surface area contributed by atoms with Crippen molar-refractivity contribution in [1.82, 2.24) is 19.8 Å². The van der Waals surface area contributed by atoms with E-state index in [9.17, 15) is 42.1 Å². The van der Waals surface area contributed by atoms with Gasteiger partial charge in [-0.1, -0.05) is 18.2 Å². The van der Waals surface area contributed by atoms with Crippen LogP contribution in [0.3, 0.4) is 0 Å². The Hall–Kier alpha value is -6.47. The number of nitrogens with zero attached hydrogens (tertiary/aromatic N) is 4. The van der Waals surface area contributed by atoms with Crippen LogP contribution in [0.25, 0.3) is 44.1 Å². The summed E-state index contributed by atoms with van der Waals surface area (Å²) in [6, 6.07) is 22.8. The Morgan fingerprint density at radius 3 is 1.56 bits per heavy atom. The highest BCUT2D eigenvalue weighted by Crippen LogP contribution is 2.37. The molecule has 52 heavy (non-hydrogen) atoms. The van der Waals surface area contributed by atoms with Crippen molar-refractivity contribution >= 4 is 33.6 Å². The molecule has 0 bridgehead atoms. The lowest BCUT2D eigenvalue weighted by Gasteiger charge is -2.12. The van der Waals surface area contributed by atoms with Gasteiger partial charge in [-0.25, -0.2) is 8.78 Å². The van der Waals surface area contributed by atoms with Crippen molar-refractivity contribution in [3.63, 3.8) is 0 Å². The summed E-state index contributed by atoms with van der Waals surface area (Å²) in [4.78, 5) is 24.6. The van der Waals surface area contributed by atoms with Crippen LogP contribution in [0.4, 0.5) is 22.0 Å². The maximum absolute atomic E-state index is 13.7. The van der Waals surface area contributed by atoms with Crippen LogP contribution in [0, 0.1) is 34.3 Å². The lowest BCUT2D eigenvalue weighted by Crippen LogP contribution is -2.22. The van der Waals surface area contributed by atoms with Gasteiger partial charge in [0.25, 0.3) is 11.8 Å². The number of aryl methyl sites for hydroxylation is 2. The van der Waals surface area contributed by atoms with Crippen molar-refractivity contribution < 1.29 is 31.5 Å². The van der Waals surface area contributed by atoms with Gasteiger partial charge in [0.15, 0.2) is 11.6 Å². The van der Waals surface area contributed by atoms with E-state index in [0.29, 0.717) is 70.9 Å². The van der Waals surface area contributed by atoms with E-state index >= 15 is 0 Å². The zero-order valence-electron chi connectivity index (χ0n) is 27.2. The first-order valence-electron chi connectivity index (χ1n) is 16.3. The Morgan fingerprint density at radius 1 is 0.615 bits per heavy atom. The molecule has 0 spiro atoms. The van der Waals surface area contributed by atoms with Gasteiger partial charge in [0.05, 0.1) is 39.9 Å². The number of amides is 2. The van der Waals surface area contributed by atoms with Crippen molar-refractivity contribution in [3.05, 3.63) is 119 Å². The number of aromatic nitrogens is 2. The third-order valence-corrected chi connectivity index (χ3v) is 9.15. The fraction of sp³-hybridized carbons (Fsp3) is 0.179. The molecular weight excluding hydrogens is 679 g/mol. The van der Waals surface area contributed by atoms with E-state index in [2.05, 4.69) is 22.8 Å². The summed E-state index contributed by atoms with van der Waals surface area (Å²) in [5, 5.41) is 25.7. The fourth-order valence-corrected chi connectivity index (χ4v) is 6.80. The maximum atomic E-state index is 13.7. The minimum Gasteiger partial charge on any atom is -0.351 e. The molecule has 260 valence electrons. The number of fused-ring (bicyclic) bond motifs is 6. The average molecular weight is 707 g/mol. The molecule has 13 heteroatoms. The molecule has 0 radical (unpaired) electrons. The first-order chi connectivity index (χ1) is 25.0. The van der Waals surface area contributed by atoms with Gasteiger partial charge in [-0.2, -0.15) is 23.7 Å². The van der Waals surface area contributed by atoms with Gasteiger partial charge in [0, 0.05) is 48.1 Å². The van der Waals surface area contributed by atoms with Gasteiger partial charge in [0.1, 0.15) is 11.4 Å². The van der Waals surface area contributed by atoms with E-state index in [4.69, 9.17) is 0 Å². The number of hydrogen-bond donors (Lipinski definition) is 2. The minimum atomic E-state index is -4.41. The van der Waals surface area contributed by atoms with Gasteiger partial charge in [-0.3, -0.25) is 9.59 Å². The van der Waals surface area contributed by atoms with Crippen LogP contribution >= 0.6 is 0 Å². The maximum Gasteiger partial charge on any atom is 0.416 e. The van der Waals surface area contributed by atoms with Crippen LogP contribution in [-0.2, 0) is 19.3 Å². The van der Waals surface area contributed by atoms with Crippen molar-refractivity contribution in [3.8, 4) is 34.4 Å². The first-order valence-corrected chi connectivity index (χ1v) is 16.3. The standard InChI is InChI=1S/C20H14F3N3O.C19H13F2N3O/c21-20(22,23)15-4-2-13(3-5-15)16-9-12(11-24)8-14-10-17-19(27)25-6-1-7-26(17)18(14)16;20-15-3-2-12(8-16(15)21)14-7-11(10-22)6-13-9-17-19(25)23-4-1-5-24(17)18(13)14/h2-5,8-10H,1,6-7H2,(H,25,27);2-3,6-9H,1,4-5H2,(H,23,25). The Labute approximate surface area is 293 Å². The van der Waals surface area contributed by atoms with Crippen LogP contribution in [-0.4, -0.2) is 34.0 Å². The summed E-state index contributed by atoms with van der Waals surface area (Å²) in [6.07, 6.45) is -2.90. The Bertz CT molecular complexity index is 2500. The highest BCUT2D eigenvalue weighted by atomic mass is 19.4. The van der Waals surface area contributed by atoms with Crippen molar-refractivity contribution in [2.75, 3.05) is 13.1 Å². The molecule has 0 aliphatic carbocycles. The van der Waals surface area contributed by atoms with Crippen LogP contribution < -0.4 is 10.6 Å². The number of nitriles is 2. The van der Waals surface area contributed by atoms with Gasteiger partial charge < -0.3 is 19.8 Å². The summed E-state index contributed by atoms with van der Waals surface area (Å²) in [5.74, 6) is -2.25. The zero-order valence-corrected chi connectivity index (χ0v) is 27.2. The van der Waals surface area contributed by atoms with E-state index in [1.54, 1.807) is 36.4 Å². The monoisotopic (exact) mass is 706 g/mol. The molecule has 8 rings (SSSR count). The molecular formula is C39H27F5N6O2. The van der Waals surface area contributed by atoms with Crippen LogP contribution in [0.2, 0.25) is 0 Å². The largest absolute Gasteiger partial charge is 0.416 e. The molecule has 0 atom stereocenters. The topological polar surface area (TPSA) is 116 Å². The number of carbonyl (C=O) groups excluding carboxylic acids is 2. The lowest BCUT2D eigenvalue weighted by molar-refractivity contribution is -0.137. The predicted octanol–water partition coefficient (Wildman–Crippen LogP) is 7.92. The van der Waals surface area contributed by atoms with Gasteiger partial charge >= 0.3 is 6.18 Å².